The lowest BCUT2D eigenvalue weighted by atomic mass is 10.0. The van der Waals surface area contributed by atoms with Crippen molar-refractivity contribution in [3.05, 3.63) is 102 Å². The van der Waals surface area contributed by atoms with Gasteiger partial charge in [-0.05, 0) is 51.2 Å². The van der Waals surface area contributed by atoms with Crippen molar-refractivity contribution in [3.8, 4) is 0 Å². The Morgan fingerprint density at radius 3 is 1.74 bits per heavy atom. The van der Waals surface area contributed by atoms with E-state index in [0.29, 0.717) is 6.04 Å². The van der Waals surface area contributed by atoms with Gasteiger partial charge in [-0.2, -0.15) is 0 Å². The highest BCUT2D eigenvalue weighted by Gasteiger charge is 2.07. The van der Waals surface area contributed by atoms with Crippen molar-refractivity contribution in [3.63, 3.8) is 0 Å². The number of hydrogen-bond acceptors (Lipinski definition) is 1. The van der Waals surface area contributed by atoms with Crippen LogP contribution >= 0.6 is 0 Å². The Labute approximate surface area is 193 Å². The summed E-state index contributed by atoms with van der Waals surface area (Å²) in [5, 5.41) is 3.56. The Morgan fingerprint density at radius 2 is 1.35 bits per heavy atom. The minimum atomic E-state index is 0.568. The molecule has 0 aliphatic carbocycles. The third kappa shape index (κ3) is 15.0. The molecule has 1 N–H and O–H groups in total. The summed E-state index contributed by atoms with van der Waals surface area (Å²) in [5.74, 6) is 0. The zero-order chi connectivity index (χ0) is 23.3. The molecule has 1 heteroatoms. The first-order chi connectivity index (χ1) is 15.0. The smallest absolute Gasteiger partial charge is 0.0342 e. The Kier molecular flexibility index (Phi) is 17.8. The van der Waals surface area contributed by atoms with Crippen LogP contribution < -0.4 is 5.32 Å². The number of hydrogen-bond donors (Lipinski definition) is 1. The molecule has 0 aliphatic rings. The molecule has 0 radical (unpaired) electrons. The third-order valence-electron chi connectivity index (χ3n) is 4.80. The molecular formula is C30H45N. The van der Waals surface area contributed by atoms with E-state index in [1.807, 2.05) is 44.2 Å². The van der Waals surface area contributed by atoms with Gasteiger partial charge < -0.3 is 5.32 Å². The second kappa shape index (κ2) is 19.4. The molecule has 2 aromatic rings. The van der Waals surface area contributed by atoms with Gasteiger partial charge in [0.05, 0.1) is 0 Å². The molecule has 0 unspecified atom stereocenters. The minimum absolute atomic E-state index is 0.568. The van der Waals surface area contributed by atoms with E-state index < -0.39 is 0 Å². The van der Waals surface area contributed by atoms with Gasteiger partial charge in [-0.15, -0.1) is 0 Å². The van der Waals surface area contributed by atoms with Gasteiger partial charge in [0.15, 0.2) is 0 Å². The van der Waals surface area contributed by atoms with Gasteiger partial charge in [0.1, 0.15) is 0 Å². The summed E-state index contributed by atoms with van der Waals surface area (Å²) in [6, 6.07) is 19.6. The third-order valence-corrected chi connectivity index (χ3v) is 4.80. The highest BCUT2D eigenvalue weighted by molar-refractivity contribution is 5.62. The molecule has 0 heterocycles. The first-order valence-corrected chi connectivity index (χ1v) is 11.8. The van der Waals surface area contributed by atoms with Crippen molar-refractivity contribution in [2.24, 2.45) is 0 Å². The zero-order valence-corrected chi connectivity index (χ0v) is 20.8. The molecular weight excluding hydrogens is 374 g/mol. The Balaban J connectivity index is 0.000000529. The van der Waals surface area contributed by atoms with E-state index in [-0.39, 0.29) is 0 Å². The molecule has 0 atom stereocenters. The fourth-order valence-corrected chi connectivity index (χ4v) is 3.01. The number of allylic oxidation sites excluding steroid dienone is 4. The average molecular weight is 420 g/mol. The van der Waals surface area contributed by atoms with Gasteiger partial charge >= 0.3 is 0 Å². The average Bonchev–Trinajstić information content (AvgIpc) is 2.80. The minimum Gasteiger partial charge on any atom is -0.382 e. The summed E-state index contributed by atoms with van der Waals surface area (Å²) in [5.41, 5.74) is 4.96. The van der Waals surface area contributed by atoms with Crippen molar-refractivity contribution in [2.45, 2.75) is 79.7 Å². The number of nitrogens with one attached hydrogen (secondary N) is 1. The molecule has 0 spiro atoms. The van der Waals surface area contributed by atoms with Crippen molar-refractivity contribution in [1.82, 2.24) is 5.32 Å². The highest BCUT2D eigenvalue weighted by Crippen LogP contribution is 2.14. The van der Waals surface area contributed by atoms with E-state index in [0.717, 1.165) is 12.1 Å². The first-order valence-electron chi connectivity index (χ1n) is 11.8. The molecule has 1 nitrogen and oxygen atoms in total. The van der Waals surface area contributed by atoms with Crippen LogP contribution in [-0.4, -0.2) is 6.04 Å². The molecule has 2 rings (SSSR count). The first kappa shape index (κ1) is 28.5. The van der Waals surface area contributed by atoms with E-state index in [2.05, 4.69) is 88.1 Å². The van der Waals surface area contributed by atoms with Crippen LogP contribution in [0.1, 0.15) is 77.0 Å². The summed E-state index contributed by atoms with van der Waals surface area (Å²) >= 11 is 0. The Hall–Kier alpha value is -2.54. The van der Waals surface area contributed by atoms with Crippen molar-refractivity contribution < 1.29 is 0 Å². The van der Waals surface area contributed by atoms with Crippen molar-refractivity contribution >= 4 is 5.70 Å². The molecule has 170 valence electrons. The standard InChI is InChI=1S/C16H25N.C8H10.C6H10/c1-5-7-16(8-6-2)17-14(4)15-11-9-13(3)10-12-15;1-2-8-6-4-3-5-7-8;1-3-5-6-4-2/h9-12,16-17H,4-8H2,1-3H3;3-7H,2H2,1H3;3-6H,1-2H3/b;;5-3-,6-4-. The van der Waals surface area contributed by atoms with E-state index in [1.165, 1.54) is 42.4 Å². The summed E-state index contributed by atoms with van der Waals surface area (Å²) in [7, 11) is 0. The molecule has 0 saturated heterocycles. The second-order valence-corrected chi connectivity index (χ2v) is 7.65. The fraction of sp³-hybridized carbons (Fsp3) is 0.400. The zero-order valence-electron chi connectivity index (χ0n) is 20.8. The summed E-state index contributed by atoms with van der Waals surface area (Å²) < 4.78 is 0. The molecule has 0 saturated carbocycles. The van der Waals surface area contributed by atoms with Gasteiger partial charge in [-0.3, -0.25) is 0 Å². The maximum Gasteiger partial charge on any atom is 0.0342 e. The predicted molar refractivity (Wildman–Crippen MR) is 142 cm³/mol. The molecule has 0 fully saturated rings. The van der Waals surface area contributed by atoms with Crippen LogP contribution in [0.15, 0.2) is 85.5 Å². The SMILES string of the molecule is C/C=C\C=C/C.C=C(NC(CCC)CCC)c1ccc(C)cc1.CCc1ccccc1. The van der Waals surface area contributed by atoms with Crippen LogP contribution in [0.4, 0.5) is 0 Å². The summed E-state index contributed by atoms with van der Waals surface area (Å²) in [4.78, 5) is 0. The van der Waals surface area contributed by atoms with Gasteiger partial charge in [-0.25, -0.2) is 0 Å². The van der Waals surface area contributed by atoms with Crippen LogP contribution in [0.3, 0.4) is 0 Å². The van der Waals surface area contributed by atoms with Crippen molar-refractivity contribution in [1.29, 1.82) is 0 Å². The molecule has 0 amide bonds. The van der Waals surface area contributed by atoms with Gasteiger partial charge in [0, 0.05) is 11.7 Å². The normalized spacial score (nSPS) is 10.4. The molecule has 31 heavy (non-hydrogen) atoms. The van der Waals surface area contributed by atoms with Crippen LogP contribution in [-0.2, 0) is 6.42 Å². The fourth-order valence-electron chi connectivity index (χ4n) is 3.01. The maximum atomic E-state index is 4.15. The molecule has 2 aromatic carbocycles. The molecule has 0 aliphatic heterocycles. The Morgan fingerprint density at radius 1 is 0.839 bits per heavy atom. The van der Waals surface area contributed by atoms with Gasteiger partial charge in [0.25, 0.3) is 0 Å². The van der Waals surface area contributed by atoms with Gasteiger partial charge in [-0.1, -0.05) is 125 Å². The van der Waals surface area contributed by atoms with E-state index >= 15 is 0 Å². The Bertz CT molecular complexity index is 707. The van der Waals surface area contributed by atoms with Crippen molar-refractivity contribution in [2.75, 3.05) is 0 Å². The predicted octanol–water partition coefficient (Wildman–Crippen LogP) is 8.91. The molecule has 0 bridgehead atoms. The number of aryl methyl sites for hydroxylation is 2. The summed E-state index contributed by atoms with van der Waals surface area (Å²) in [6.07, 6.45) is 14.0. The van der Waals surface area contributed by atoms with E-state index in [1.54, 1.807) is 0 Å². The second-order valence-electron chi connectivity index (χ2n) is 7.65. The monoisotopic (exact) mass is 419 g/mol. The maximum absolute atomic E-state index is 4.15. The number of rotatable bonds is 9. The topological polar surface area (TPSA) is 12.0 Å². The highest BCUT2D eigenvalue weighted by atomic mass is 14.9. The molecule has 0 aromatic heterocycles. The van der Waals surface area contributed by atoms with E-state index in [9.17, 15) is 0 Å². The quantitative estimate of drug-likeness (QED) is 0.400. The van der Waals surface area contributed by atoms with Crippen LogP contribution in [0, 0.1) is 6.92 Å². The lowest BCUT2D eigenvalue weighted by molar-refractivity contribution is 0.502. The largest absolute Gasteiger partial charge is 0.382 e. The number of benzene rings is 2. The summed E-state index contributed by atoms with van der Waals surface area (Å²) in [6.45, 7) is 16.9. The van der Waals surface area contributed by atoms with Gasteiger partial charge in [0.2, 0.25) is 0 Å². The lowest BCUT2D eigenvalue weighted by Crippen LogP contribution is -2.27. The van der Waals surface area contributed by atoms with E-state index in [4.69, 9.17) is 0 Å². The van der Waals surface area contributed by atoms with Crippen LogP contribution in [0.25, 0.3) is 5.70 Å². The van der Waals surface area contributed by atoms with Crippen LogP contribution in [0.5, 0.6) is 0 Å². The lowest BCUT2D eigenvalue weighted by Gasteiger charge is -2.20. The van der Waals surface area contributed by atoms with Crippen LogP contribution in [0.2, 0.25) is 0 Å².